The molecular weight excluding hydrogens is 218 g/mol. The lowest BCUT2D eigenvalue weighted by atomic mass is 9.78. The molecule has 3 amide bonds. The van der Waals surface area contributed by atoms with Crippen molar-refractivity contribution in [1.82, 2.24) is 10.6 Å². The number of urea groups is 1. The molecule has 1 aliphatic carbocycles. The molecule has 0 radical (unpaired) electrons. The Balaban J connectivity index is 2.38. The van der Waals surface area contributed by atoms with Gasteiger partial charge in [0.1, 0.15) is 0 Å². The first-order chi connectivity index (χ1) is 8.00. The van der Waals surface area contributed by atoms with E-state index in [2.05, 4.69) is 24.5 Å². The molecule has 0 bridgehead atoms. The Kier molecular flexibility index (Phi) is 5.41. The number of carbonyl (C=O) groups is 2. The molecule has 4 N–H and O–H groups in total. The zero-order valence-electron chi connectivity index (χ0n) is 10.7. The van der Waals surface area contributed by atoms with Gasteiger partial charge in [0.25, 0.3) is 0 Å². The number of amides is 3. The first-order valence-electron chi connectivity index (χ1n) is 6.33. The van der Waals surface area contributed by atoms with E-state index in [-0.39, 0.29) is 12.5 Å². The minimum Gasteiger partial charge on any atom is -0.351 e. The van der Waals surface area contributed by atoms with Crippen LogP contribution in [0.15, 0.2) is 0 Å². The van der Waals surface area contributed by atoms with Gasteiger partial charge in [0.05, 0.1) is 6.54 Å². The van der Waals surface area contributed by atoms with Crippen LogP contribution < -0.4 is 16.4 Å². The molecule has 1 fully saturated rings. The minimum absolute atomic E-state index is 0.164. The van der Waals surface area contributed by atoms with Gasteiger partial charge in [-0.1, -0.05) is 26.7 Å². The summed E-state index contributed by atoms with van der Waals surface area (Å²) in [5.41, 5.74) is 4.88. The number of rotatable bonds is 4. The molecule has 1 saturated carbocycles. The van der Waals surface area contributed by atoms with Crippen LogP contribution in [0.3, 0.4) is 0 Å². The number of nitrogens with two attached hydrogens (primary N) is 1. The van der Waals surface area contributed by atoms with Crippen LogP contribution in [0.1, 0.15) is 39.5 Å². The van der Waals surface area contributed by atoms with Crippen LogP contribution in [0.25, 0.3) is 0 Å². The maximum absolute atomic E-state index is 11.3. The zero-order valence-corrected chi connectivity index (χ0v) is 10.7. The zero-order chi connectivity index (χ0) is 12.8. The summed E-state index contributed by atoms with van der Waals surface area (Å²) in [7, 11) is 0. The SMILES string of the molecule is CC(C)C1CCCCC1NCC(=O)NC(N)=O. The summed E-state index contributed by atoms with van der Waals surface area (Å²) in [4.78, 5) is 21.8. The van der Waals surface area contributed by atoms with Crippen molar-refractivity contribution in [3.8, 4) is 0 Å². The maximum atomic E-state index is 11.3. The lowest BCUT2D eigenvalue weighted by Crippen LogP contribution is -2.47. The molecule has 0 spiro atoms. The maximum Gasteiger partial charge on any atom is 0.318 e. The first-order valence-corrected chi connectivity index (χ1v) is 6.33. The second kappa shape index (κ2) is 6.59. The number of nitrogens with one attached hydrogen (secondary N) is 2. The third-order valence-electron chi connectivity index (χ3n) is 3.46. The fourth-order valence-corrected chi connectivity index (χ4v) is 2.62. The van der Waals surface area contributed by atoms with E-state index in [1.807, 2.05) is 0 Å². The lowest BCUT2D eigenvalue weighted by Gasteiger charge is -2.34. The van der Waals surface area contributed by atoms with Gasteiger partial charge in [-0.2, -0.15) is 0 Å². The van der Waals surface area contributed by atoms with E-state index in [0.29, 0.717) is 17.9 Å². The highest BCUT2D eigenvalue weighted by Crippen LogP contribution is 2.29. The first kappa shape index (κ1) is 14.0. The third kappa shape index (κ3) is 4.73. The van der Waals surface area contributed by atoms with Crippen LogP contribution in [0.4, 0.5) is 4.79 Å². The van der Waals surface area contributed by atoms with Crippen LogP contribution >= 0.6 is 0 Å². The van der Waals surface area contributed by atoms with Crippen LogP contribution in [-0.4, -0.2) is 24.5 Å². The standard InChI is InChI=1S/C12H23N3O2/c1-8(2)9-5-3-4-6-10(9)14-7-11(16)15-12(13)17/h8-10,14H,3-7H2,1-2H3,(H3,13,15,16,17). The minimum atomic E-state index is -0.791. The van der Waals surface area contributed by atoms with E-state index in [9.17, 15) is 9.59 Å². The second-order valence-corrected chi connectivity index (χ2v) is 5.09. The van der Waals surface area contributed by atoms with Crippen molar-refractivity contribution in [2.45, 2.75) is 45.6 Å². The number of carbonyl (C=O) groups excluding carboxylic acids is 2. The molecule has 0 saturated heterocycles. The van der Waals surface area contributed by atoms with E-state index in [0.717, 1.165) is 6.42 Å². The molecule has 0 aliphatic heterocycles. The van der Waals surface area contributed by atoms with Crippen molar-refractivity contribution in [1.29, 1.82) is 0 Å². The normalized spacial score (nSPS) is 24.6. The van der Waals surface area contributed by atoms with Crippen molar-refractivity contribution in [3.63, 3.8) is 0 Å². The topological polar surface area (TPSA) is 84.2 Å². The summed E-state index contributed by atoms with van der Waals surface area (Å²) in [6.45, 7) is 4.60. The smallest absolute Gasteiger partial charge is 0.318 e. The Hall–Kier alpha value is -1.10. The summed E-state index contributed by atoms with van der Waals surface area (Å²) in [5, 5.41) is 5.30. The Labute approximate surface area is 103 Å². The van der Waals surface area contributed by atoms with Gasteiger partial charge in [-0.3, -0.25) is 10.1 Å². The van der Waals surface area contributed by atoms with E-state index < -0.39 is 6.03 Å². The van der Waals surface area contributed by atoms with E-state index in [1.165, 1.54) is 19.3 Å². The number of imide groups is 1. The van der Waals surface area contributed by atoms with Gasteiger partial charge in [-0.15, -0.1) is 0 Å². The van der Waals surface area contributed by atoms with E-state index in [1.54, 1.807) is 0 Å². The van der Waals surface area contributed by atoms with Gasteiger partial charge >= 0.3 is 6.03 Å². The summed E-state index contributed by atoms with van der Waals surface area (Å²) in [5.74, 6) is 0.878. The van der Waals surface area contributed by atoms with Crippen molar-refractivity contribution < 1.29 is 9.59 Å². The Morgan fingerprint density at radius 1 is 1.29 bits per heavy atom. The van der Waals surface area contributed by atoms with Crippen molar-refractivity contribution in [2.24, 2.45) is 17.6 Å². The monoisotopic (exact) mass is 241 g/mol. The number of hydrogen-bond donors (Lipinski definition) is 3. The van der Waals surface area contributed by atoms with Crippen LogP contribution in [-0.2, 0) is 4.79 Å². The highest BCUT2D eigenvalue weighted by atomic mass is 16.2. The molecule has 98 valence electrons. The largest absolute Gasteiger partial charge is 0.351 e. The summed E-state index contributed by atoms with van der Waals surface area (Å²) in [6.07, 6.45) is 4.80. The van der Waals surface area contributed by atoms with Crippen LogP contribution in [0.5, 0.6) is 0 Å². The molecule has 0 aromatic rings. The predicted molar refractivity (Wildman–Crippen MR) is 66.3 cm³/mol. The quantitative estimate of drug-likeness (QED) is 0.686. The van der Waals surface area contributed by atoms with Gasteiger partial charge in [0.15, 0.2) is 0 Å². The van der Waals surface area contributed by atoms with Crippen molar-refractivity contribution in [3.05, 3.63) is 0 Å². The Morgan fingerprint density at radius 2 is 1.94 bits per heavy atom. The van der Waals surface area contributed by atoms with Gasteiger partial charge in [0.2, 0.25) is 5.91 Å². The molecule has 17 heavy (non-hydrogen) atoms. The molecule has 5 nitrogen and oxygen atoms in total. The fraction of sp³-hybridized carbons (Fsp3) is 0.833. The molecular formula is C12H23N3O2. The number of hydrogen-bond acceptors (Lipinski definition) is 3. The van der Waals surface area contributed by atoms with Gasteiger partial charge in [0, 0.05) is 6.04 Å². The summed E-state index contributed by atoms with van der Waals surface area (Å²) >= 11 is 0. The van der Waals surface area contributed by atoms with Gasteiger partial charge < -0.3 is 11.1 Å². The van der Waals surface area contributed by atoms with Crippen LogP contribution in [0, 0.1) is 11.8 Å². The Bertz CT molecular complexity index is 279. The van der Waals surface area contributed by atoms with E-state index in [4.69, 9.17) is 5.73 Å². The highest BCUT2D eigenvalue weighted by molar-refractivity contribution is 5.94. The molecule has 0 heterocycles. The van der Waals surface area contributed by atoms with E-state index >= 15 is 0 Å². The van der Waals surface area contributed by atoms with Crippen molar-refractivity contribution in [2.75, 3.05) is 6.54 Å². The van der Waals surface area contributed by atoms with Gasteiger partial charge in [-0.25, -0.2) is 4.79 Å². The molecule has 5 heteroatoms. The predicted octanol–water partition coefficient (Wildman–Crippen LogP) is 0.986. The number of primary amides is 1. The lowest BCUT2D eigenvalue weighted by molar-refractivity contribution is -0.119. The van der Waals surface area contributed by atoms with Gasteiger partial charge in [-0.05, 0) is 24.7 Å². The summed E-state index contributed by atoms with van der Waals surface area (Å²) < 4.78 is 0. The third-order valence-corrected chi connectivity index (χ3v) is 3.46. The molecule has 2 unspecified atom stereocenters. The molecule has 1 rings (SSSR count). The fourth-order valence-electron chi connectivity index (χ4n) is 2.62. The highest BCUT2D eigenvalue weighted by Gasteiger charge is 2.27. The second-order valence-electron chi connectivity index (χ2n) is 5.09. The average Bonchev–Trinajstić information content (AvgIpc) is 2.25. The van der Waals surface area contributed by atoms with Crippen molar-refractivity contribution >= 4 is 11.9 Å². The molecule has 0 aromatic heterocycles. The summed E-state index contributed by atoms with van der Waals surface area (Å²) in [6, 6.07) is -0.414. The van der Waals surface area contributed by atoms with Crippen LogP contribution in [0.2, 0.25) is 0 Å². The molecule has 0 aromatic carbocycles. The Morgan fingerprint density at radius 3 is 2.53 bits per heavy atom. The molecule has 1 aliphatic rings. The average molecular weight is 241 g/mol. The molecule has 2 atom stereocenters.